The van der Waals surface area contributed by atoms with E-state index in [2.05, 4.69) is 21.6 Å². The molecule has 0 atom stereocenters. The Bertz CT molecular complexity index is 872. The number of hydrogen-bond acceptors (Lipinski definition) is 5. The summed E-state index contributed by atoms with van der Waals surface area (Å²) in [5.74, 6) is 0.265. The van der Waals surface area contributed by atoms with Crippen molar-refractivity contribution in [1.29, 1.82) is 0 Å². The normalized spacial score (nSPS) is 10.9. The van der Waals surface area contributed by atoms with Crippen LogP contribution in [0.2, 0.25) is 4.34 Å². The van der Waals surface area contributed by atoms with Crippen molar-refractivity contribution >= 4 is 34.6 Å². The highest BCUT2D eigenvalue weighted by Crippen LogP contribution is 2.23. The van der Waals surface area contributed by atoms with Crippen LogP contribution in [0.3, 0.4) is 0 Å². The Morgan fingerprint density at radius 1 is 1.48 bits per heavy atom. The molecule has 0 saturated heterocycles. The van der Waals surface area contributed by atoms with Crippen molar-refractivity contribution in [2.24, 2.45) is 0 Å². The summed E-state index contributed by atoms with van der Waals surface area (Å²) in [5, 5.41) is 4.26. The molecule has 0 aliphatic heterocycles. The summed E-state index contributed by atoms with van der Waals surface area (Å²) in [5.41, 5.74) is 0.863. The third-order valence-corrected chi connectivity index (χ3v) is 4.45. The third kappa shape index (κ3) is 3.25. The van der Waals surface area contributed by atoms with Gasteiger partial charge in [-0.1, -0.05) is 17.7 Å². The van der Waals surface area contributed by atoms with E-state index in [1.807, 2.05) is 25.1 Å². The number of nitrogens with zero attached hydrogens (tertiary/aromatic N) is 5. The van der Waals surface area contributed by atoms with Crippen molar-refractivity contribution in [2.75, 3.05) is 6.54 Å². The Balaban J connectivity index is 1.89. The van der Waals surface area contributed by atoms with E-state index in [4.69, 9.17) is 11.6 Å². The summed E-state index contributed by atoms with van der Waals surface area (Å²) in [6.45, 7) is 6.42. The molecular weight excluding hydrogens is 334 g/mol. The maximum atomic E-state index is 12.7. The molecule has 118 valence electrons. The molecule has 0 aliphatic rings. The summed E-state index contributed by atoms with van der Waals surface area (Å²) >= 11 is 7.39. The van der Waals surface area contributed by atoms with Gasteiger partial charge in [0.05, 0.1) is 10.9 Å². The van der Waals surface area contributed by atoms with E-state index < -0.39 is 0 Å². The van der Waals surface area contributed by atoms with Crippen molar-refractivity contribution in [1.82, 2.24) is 24.5 Å². The Morgan fingerprint density at radius 2 is 2.30 bits per heavy atom. The maximum absolute atomic E-state index is 12.7. The fourth-order valence-corrected chi connectivity index (χ4v) is 3.24. The summed E-state index contributed by atoms with van der Waals surface area (Å²) in [4.78, 5) is 23.7. The SMILES string of the molecule is C=CCN(Cc1ccc(Cl)s1)C(=O)c1nc2nccc(C)n2n1. The van der Waals surface area contributed by atoms with Crippen LogP contribution in [0.5, 0.6) is 0 Å². The lowest BCUT2D eigenvalue weighted by molar-refractivity contribution is 0.0752. The molecule has 3 heterocycles. The predicted octanol–water partition coefficient (Wildman–Crippen LogP) is 2.98. The first-order valence-corrected chi connectivity index (χ1v) is 8.10. The van der Waals surface area contributed by atoms with E-state index in [0.29, 0.717) is 23.2 Å². The number of rotatable bonds is 5. The van der Waals surface area contributed by atoms with Crippen molar-refractivity contribution in [3.05, 3.63) is 57.8 Å². The first kappa shape index (κ1) is 15.6. The van der Waals surface area contributed by atoms with Gasteiger partial charge in [-0.2, -0.15) is 4.98 Å². The van der Waals surface area contributed by atoms with E-state index in [0.717, 1.165) is 10.6 Å². The van der Waals surface area contributed by atoms with Crippen molar-refractivity contribution in [3.63, 3.8) is 0 Å². The van der Waals surface area contributed by atoms with Crippen LogP contribution < -0.4 is 0 Å². The lowest BCUT2D eigenvalue weighted by Crippen LogP contribution is -2.31. The van der Waals surface area contributed by atoms with Gasteiger partial charge in [0, 0.05) is 23.3 Å². The molecule has 3 aromatic rings. The van der Waals surface area contributed by atoms with Crippen LogP contribution >= 0.6 is 22.9 Å². The van der Waals surface area contributed by atoms with Gasteiger partial charge in [0.15, 0.2) is 0 Å². The van der Waals surface area contributed by atoms with Crippen molar-refractivity contribution < 1.29 is 4.79 Å². The Hall–Kier alpha value is -2.25. The lowest BCUT2D eigenvalue weighted by Gasteiger charge is -2.18. The molecule has 0 bridgehead atoms. The molecular formula is C15H14ClN5OS. The largest absolute Gasteiger partial charge is 0.327 e. The number of halogens is 1. The van der Waals surface area contributed by atoms with E-state index >= 15 is 0 Å². The van der Waals surface area contributed by atoms with Crippen LogP contribution in [0, 0.1) is 6.92 Å². The molecule has 3 aromatic heterocycles. The molecule has 23 heavy (non-hydrogen) atoms. The van der Waals surface area contributed by atoms with Crippen LogP contribution in [0.25, 0.3) is 5.78 Å². The lowest BCUT2D eigenvalue weighted by atomic mass is 10.3. The predicted molar refractivity (Wildman–Crippen MR) is 89.8 cm³/mol. The molecule has 0 fully saturated rings. The molecule has 0 radical (unpaired) electrons. The molecule has 0 saturated carbocycles. The second kappa shape index (κ2) is 6.47. The van der Waals surface area contributed by atoms with Gasteiger partial charge in [-0.15, -0.1) is 23.0 Å². The maximum Gasteiger partial charge on any atom is 0.294 e. The molecule has 0 spiro atoms. The Kier molecular flexibility index (Phi) is 4.40. The van der Waals surface area contributed by atoms with E-state index in [-0.39, 0.29) is 11.7 Å². The number of fused-ring (bicyclic) bond motifs is 1. The molecule has 3 rings (SSSR count). The number of thiophene rings is 1. The summed E-state index contributed by atoms with van der Waals surface area (Å²) in [6.07, 6.45) is 3.31. The minimum atomic E-state index is -0.265. The fourth-order valence-electron chi connectivity index (χ4n) is 2.14. The topological polar surface area (TPSA) is 63.4 Å². The Morgan fingerprint density at radius 3 is 2.96 bits per heavy atom. The van der Waals surface area contributed by atoms with Gasteiger partial charge in [-0.05, 0) is 25.1 Å². The zero-order valence-electron chi connectivity index (χ0n) is 12.4. The van der Waals surface area contributed by atoms with Gasteiger partial charge in [-0.25, -0.2) is 9.50 Å². The quantitative estimate of drug-likeness (QED) is 0.666. The average molecular weight is 348 g/mol. The summed E-state index contributed by atoms with van der Waals surface area (Å²) < 4.78 is 2.25. The average Bonchev–Trinajstić information content (AvgIpc) is 3.13. The van der Waals surface area contributed by atoms with Crippen LogP contribution in [-0.4, -0.2) is 36.9 Å². The molecule has 0 N–H and O–H groups in total. The molecule has 6 nitrogen and oxygen atoms in total. The van der Waals surface area contributed by atoms with Gasteiger partial charge >= 0.3 is 0 Å². The van der Waals surface area contributed by atoms with Gasteiger partial charge in [0.2, 0.25) is 5.82 Å². The van der Waals surface area contributed by atoms with Crippen molar-refractivity contribution in [2.45, 2.75) is 13.5 Å². The number of hydrogen-bond donors (Lipinski definition) is 0. The highest BCUT2D eigenvalue weighted by atomic mass is 35.5. The molecule has 0 aromatic carbocycles. The van der Waals surface area contributed by atoms with Crippen LogP contribution in [-0.2, 0) is 6.54 Å². The summed E-state index contributed by atoms with van der Waals surface area (Å²) in [6, 6.07) is 5.53. The van der Waals surface area contributed by atoms with E-state index in [1.54, 1.807) is 21.7 Å². The van der Waals surface area contributed by atoms with E-state index in [1.165, 1.54) is 11.3 Å². The van der Waals surface area contributed by atoms with Gasteiger partial charge in [0.25, 0.3) is 11.7 Å². The number of carbonyl (C=O) groups excluding carboxylic acids is 1. The summed E-state index contributed by atoms with van der Waals surface area (Å²) in [7, 11) is 0. The number of amides is 1. The van der Waals surface area contributed by atoms with Gasteiger partial charge in [-0.3, -0.25) is 4.79 Å². The van der Waals surface area contributed by atoms with E-state index in [9.17, 15) is 4.79 Å². The fraction of sp³-hybridized carbons (Fsp3) is 0.200. The smallest absolute Gasteiger partial charge is 0.294 e. The zero-order valence-corrected chi connectivity index (χ0v) is 14.0. The third-order valence-electron chi connectivity index (χ3n) is 3.23. The van der Waals surface area contributed by atoms with Gasteiger partial charge < -0.3 is 4.90 Å². The number of aryl methyl sites for hydroxylation is 1. The number of aromatic nitrogens is 4. The molecule has 1 amide bonds. The number of carbonyl (C=O) groups is 1. The molecule has 0 unspecified atom stereocenters. The highest BCUT2D eigenvalue weighted by molar-refractivity contribution is 7.16. The van der Waals surface area contributed by atoms with Crippen LogP contribution in [0.15, 0.2) is 37.1 Å². The first-order valence-electron chi connectivity index (χ1n) is 6.91. The second-order valence-electron chi connectivity index (χ2n) is 4.91. The second-order valence-corrected chi connectivity index (χ2v) is 6.71. The molecule has 8 heteroatoms. The minimum absolute atomic E-state index is 0.122. The van der Waals surface area contributed by atoms with Crippen molar-refractivity contribution in [3.8, 4) is 0 Å². The zero-order chi connectivity index (χ0) is 16.4. The minimum Gasteiger partial charge on any atom is -0.327 e. The van der Waals surface area contributed by atoms with Crippen LogP contribution in [0.4, 0.5) is 0 Å². The monoisotopic (exact) mass is 347 g/mol. The Labute approximate surface area is 142 Å². The van der Waals surface area contributed by atoms with Gasteiger partial charge in [0.1, 0.15) is 0 Å². The highest BCUT2D eigenvalue weighted by Gasteiger charge is 2.21. The standard InChI is InChI=1S/C15H14ClN5OS/c1-3-8-20(9-11-4-5-12(16)23-11)14(22)13-18-15-17-7-6-10(2)21(15)19-13/h3-7H,1,8-9H2,2H3. The molecule has 0 aliphatic carbocycles. The van der Waals surface area contributed by atoms with Crippen LogP contribution in [0.1, 0.15) is 21.2 Å². The first-order chi connectivity index (χ1) is 11.1.